The summed E-state index contributed by atoms with van der Waals surface area (Å²) < 4.78 is 30.1. The number of fused-ring (bicyclic) bond motifs is 1. The Morgan fingerprint density at radius 1 is 1.21 bits per heavy atom. The summed E-state index contributed by atoms with van der Waals surface area (Å²) in [4.78, 5) is 12.8. The summed E-state index contributed by atoms with van der Waals surface area (Å²) in [7, 11) is -0.440. The number of benzene rings is 1. The van der Waals surface area contributed by atoms with Gasteiger partial charge >= 0.3 is 13.6 Å². The molecule has 29 heavy (non-hydrogen) atoms. The Morgan fingerprint density at radius 3 is 2.62 bits per heavy atom. The van der Waals surface area contributed by atoms with Crippen molar-refractivity contribution in [3.63, 3.8) is 0 Å². The lowest BCUT2D eigenvalue weighted by atomic mass is 10.1. The van der Waals surface area contributed by atoms with Crippen molar-refractivity contribution in [3.8, 4) is 6.01 Å². The first-order chi connectivity index (χ1) is 13.9. The first-order valence-corrected chi connectivity index (χ1v) is 11.1. The molecule has 0 fully saturated rings. The molecule has 0 radical (unpaired) electrons. The van der Waals surface area contributed by atoms with Crippen molar-refractivity contribution in [2.24, 2.45) is 0 Å². The van der Waals surface area contributed by atoms with Gasteiger partial charge in [0.2, 0.25) is 0 Å². The summed E-state index contributed by atoms with van der Waals surface area (Å²) in [5.74, 6) is 0.178. The molecule has 2 heterocycles. The molecule has 10 nitrogen and oxygen atoms in total. The van der Waals surface area contributed by atoms with E-state index in [1.54, 1.807) is 0 Å². The van der Waals surface area contributed by atoms with Gasteiger partial charge in [0.25, 0.3) is 0 Å². The quantitative estimate of drug-likeness (QED) is 0.346. The molecule has 156 valence electrons. The van der Waals surface area contributed by atoms with Crippen molar-refractivity contribution >= 4 is 40.5 Å². The van der Waals surface area contributed by atoms with E-state index in [0.717, 1.165) is 11.1 Å². The summed E-state index contributed by atoms with van der Waals surface area (Å²) in [6.45, 7) is 0.316. The van der Waals surface area contributed by atoms with Gasteiger partial charge in [0, 0.05) is 14.2 Å². The number of hydrogen-bond acceptors (Lipinski definition) is 9. The third-order valence-corrected chi connectivity index (χ3v) is 6.61. The molecule has 0 aliphatic rings. The Bertz CT molecular complexity index is 1050. The Labute approximate surface area is 175 Å². The van der Waals surface area contributed by atoms with Crippen LogP contribution in [-0.2, 0) is 26.3 Å². The van der Waals surface area contributed by atoms with Crippen LogP contribution in [0.5, 0.6) is 6.01 Å². The number of nitrogens with two attached hydrogens (primary N) is 1. The summed E-state index contributed by atoms with van der Waals surface area (Å²) in [6, 6.07) is 7.63. The van der Waals surface area contributed by atoms with Crippen molar-refractivity contribution in [3.05, 3.63) is 40.1 Å². The highest BCUT2D eigenvalue weighted by atomic mass is 79.9. The molecule has 0 unspecified atom stereocenters. The molecule has 0 atom stereocenters. The fourth-order valence-corrected chi connectivity index (χ4v) is 4.27. The predicted molar refractivity (Wildman–Crippen MR) is 111 cm³/mol. The highest BCUT2D eigenvalue weighted by Crippen LogP contribution is 2.49. The van der Waals surface area contributed by atoms with E-state index in [4.69, 9.17) is 24.6 Å². The molecular weight excluding hydrogens is 465 g/mol. The fraction of sp³-hybridized carbons (Fsp3) is 0.353. The molecule has 0 bridgehead atoms. The van der Waals surface area contributed by atoms with Crippen LogP contribution in [0.2, 0.25) is 0 Å². The Morgan fingerprint density at radius 2 is 1.93 bits per heavy atom. The molecule has 1 aromatic carbocycles. The first kappa shape index (κ1) is 21.7. The predicted octanol–water partition coefficient (Wildman–Crippen LogP) is 2.58. The van der Waals surface area contributed by atoms with E-state index in [0.29, 0.717) is 22.4 Å². The van der Waals surface area contributed by atoms with Crippen molar-refractivity contribution in [1.29, 1.82) is 0 Å². The molecule has 0 spiro atoms. The van der Waals surface area contributed by atoms with E-state index in [2.05, 4.69) is 30.9 Å². The summed E-state index contributed by atoms with van der Waals surface area (Å²) in [5.41, 5.74) is 8.65. The minimum Gasteiger partial charge on any atom is -0.461 e. The maximum absolute atomic E-state index is 12.4. The Kier molecular flexibility index (Phi) is 6.86. The number of ether oxygens (including phenoxy) is 1. The summed E-state index contributed by atoms with van der Waals surface area (Å²) >= 11 is 3.43. The van der Waals surface area contributed by atoms with E-state index >= 15 is 0 Å². The molecule has 3 N–H and O–H groups in total. The number of anilines is 1. The van der Waals surface area contributed by atoms with Gasteiger partial charge in [-0.05, 0) is 27.1 Å². The number of imidazole rings is 1. The average Bonchev–Trinajstić information content (AvgIpc) is 3.02. The van der Waals surface area contributed by atoms with Gasteiger partial charge in [0.05, 0.1) is 19.3 Å². The number of aliphatic hydroxyl groups is 1. The van der Waals surface area contributed by atoms with Gasteiger partial charge in [-0.15, -0.1) is 0 Å². The van der Waals surface area contributed by atoms with Gasteiger partial charge in [0.1, 0.15) is 6.61 Å². The van der Waals surface area contributed by atoms with Crippen molar-refractivity contribution < 1.29 is 23.5 Å². The van der Waals surface area contributed by atoms with Crippen LogP contribution < -0.4 is 10.5 Å². The summed E-state index contributed by atoms with van der Waals surface area (Å²) in [6.07, 6.45) is 0.161. The molecule has 3 rings (SSSR count). The van der Waals surface area contributed by atoms with Crippen LogP contribution in [0.3, 0.4) is 0 Å². The maximum atomic E-state index is 12.4. The lowest BCUT2D eigenvalue weighted by Crippen LogP contribution is -2.08. The van der Waals surface area contributed by atoms with Gasteiger partial charge in [-0.25, -0.2) is 4.98 Å². The molecule has 12 heteroatoms. The standard InChI is InChI=1S/C17H21BrN5O5P/c1-26-29(25,27-2)10-12-5-3-4-11(8-12)9-23-15-13(20-16(23)18)14(19)21-17(22-15)28-7-6-24/h3-5,8,24H,6-7,9-10H2,1-2H3,(H2,19,21,22). The smallest absolute Gasteiger partial charge is 0.334 e. The average molecular weight is 486 g/mol. The molecule has 0 saturated heterocycles. The van der Waals surface area contributed by atoms with E-state index < -0.39 is 7.60 Å². The molecule has 0 saturated carbocycles. The third-order valence-electron chi connectivity index (χ3n) is 4.14. The molecular formula is C17H21BrN5O5P. The van der Waals surface area contributed by atoms with Crippen molar-refractivity contribution in [2.75, 3.05) is 33.2 Å². The van der Waals surface area contributed by atoms with Crippen LogP contribution in [-0.4, -0.2) is 52.1 Å². The fourth-order valence-electron chi connectivity index (χ4n) is 2.75. The zero-order chi connectivity index (χ0) is 21.0. The lowest BCUT2D eigenvalue weighted by molar-refractivity contribution is 0.192. The van der Waals surface area contributed by atoms with Gasteiger partial charge in [-0.3, -0.25) is 9.13 Å². The number of aromatic nitrogens is 4. The van der Waals surface area contributed by atoms with Crippen LogP contribution in [0.4, 0.5) is 5.82 Å². The van der Waals surface area contributed by atoms with Crippen LogP contribution in [0.25, 0.3) is 11.2 Å². The summed E-state index contributed by atoms with van der Waals surface area (Å²) in [5, 5.41) is 8.93. The minimum absolute atomic E-state index is 0.0569. The van der Waals surface area contributed by atoms with Crippen LogP contribution in [0, 0.1) is 0 Å². The Hall–Kier alpha value is -2.04. The molecule has 0 aliphatic carbocycles. The van der Waals surface area contributed by atoms with E-state index in [9.17, 15) is 4.57 Å². The number of nitrogens with zero attached hydrogens (tertiary/aromatic N) is 4. The number of nitrogen functional groups attached to an aromatic ring is 1. The van der Waals surface area contributed by atoms with Crippen molar-refractivity contribution in [2.45, 2.75) is 12.7 Å². The lowest BCUT2D eigenvalue weighted by Gasteiger charge is -2.14. The third kappa shape index (κ3) is 4.93. The first-order valence-electron chi connectivity index (χ1n) is 8.60. The van der Waals surface area contributed by atoms with Crippen molar-refractivity contribution in [1.82, 2.24) is 19.5 Å². The largest absolute Gasteiger partial charge is 0.461 e. The molecule has 0 amide bonds. The second-order valence-electron chi connectivity index (χ2n) is 6.06. The van der Waals surface area contributed by atoms with Crippen LogP contribution in [0.1, 0.15) is 11.1 Å². The van der Waals surface area contributed by atoms with Gasteiger partial charge in [-0.1, -0.05) is 24.3 Å². The topological polar surface area (TPSA) is 135 Å². The highest BCUT2D eigenvalue weighted by molar-refractivity contribution is 9.10. The van der Waals surface area contributed by atoms with Gasteiger partial charge < -0.3 is 24.6 Å². The molecule has 0 aliphatic heterocycles. The minimum atomic E-state index is -3.17. The molecule has 3 aromatic rings. The monoisotopic (exact) mass is 485 g/mol. The van der Waals surface area contributed by atoms with Gasteiger partial charge in [-0.2, -0.15) is 9.97 Å². The maximum Gasteiger partial charge on any atom is 0.334 e. The Balaban J connectivity index is 1.94. The second-order valence-corrected chi connectivity index (χ2v) is 9.03. The zero-order valence-electron chi connectivity index (χ0n) is 15.9. The number of halogens is 1. The van der Waals surface area contributed by atoms with Crippen LogP contribution in [0.15, 0.2) is 29.0 Å². The second kappa shape index (κ2) is 9.19. The number of hydrogen-bond donors (Lipinski definition) is 2. The highest BCUT2D eigenvalue weighted by Gasteiger charge is 2.22. The van der Waals surface area contributed by atoms with E-state index in [-0.39, 0.29) is 31.2 Å². The van der Waals surface area contributed by atoms with E-state index in [1.807, 2.05) is 28.8 Å². The van der Waals surface area contributed by atoms with Gasteiger partial charge in [0.15, 0.2) is 21.7 Å². The molecule has 2 aromatic heterocycles. The zero-order valence-corrected chi connectivity index (χ0v) is 18.4. The SMILES string of the molecule is COP(=O)(Cc1cccc(Cn2c(Br)nc3c(N)nc(OCCO)nc32)c1)OC. The number of aliphatic hydroxyl groups excluding tert-OH is 1. The van der Waals surface area contributed by atoms with Crippen LogP contribution >= 0.6 is 23.5 Å². The van der Waals surface area contributed by atoms with E-state index in [1.165, 1.54) is 14.2 Å². The number of rotatable bonds is 9. The normalized spacial score (nSPS) is 11.9.